The summed E-state index contributed by atoms with van der Waals surface area (Å²) >= 11 is 11.5. The predicted octanol–water partition coefficient (Wildman–Crippen LogP) is 3.24. The summed E-state index contributed by atoms with van der Waals surface area (Å²) in [5.41, 5.74) is 14.5. The lowest BCUT2D eigenvalue weighted by Gasteiger charge is -2.11. The van der Waals surface area contributed by atoms with Crippen molar-refractivity contribution in [1.29, 1.82) is 0 Å². The number of pyridine rings is 1. The Bertz CT molecular complexity index is 514. The second-order valence-corrected chi connectivity index (χ2v) is 5.06. The van der Waals surface area contributed by atoms with Gasteiger partial charge < -0.3 is 10.5 Å². The zero-order chi connectivity index (χ0) is 15.7. The van der Waals surface area contributed by atoms with Crippen molar-refractivity contribution in [1.82, 2.24) is 4.98 Å². The smallest absolute Gasteiger partial charge is 0.323 e. The van der Waals surface area contributed by atoms with Gasteiger partial charge in [-0.15, -0.1) is 0 Å². The number of rotatable bonds is 8. The van der Waals surface area contributed by atoms with Gasteiger partial charge >= 0.3 is 5.97 Å². The molecule has 1 rings (SSSR count). The second-order valence-electron chi connectivity index (χ2n) is 4.29. The van der Waals surface area contributed by atoms with Crippen molar-refractivity contribution >= 4 is 29.2 Å². The number of aromatic nitrogens is 1. The number of hydrogen-bond donors (Lipinski definition) is 1. The molecule has 0 saturated heterocycles. The van der Waals surface area contributed by atoms with Crippen LogP contribution in [0.25, 0.3) is 10.4 Å². The summed E-state index contributed by atoms with van der Waals surface area (Å²) in [5, 5.41) is 3.86. The molecule has 1 heterocycles. The van der Waals surface area contributed by atoms with E-state index >= 15 is 0 Å². The van der Waals surface area contributed by atoms with E-state index < -0.39 is 12.0 Å². The molecule has 0 bridgehead atoms. The molecule has 0 aliphatic heterocycles. The summed E-state index contributed by atoms with van der Waals surface area (Å²) in [5.74, 6) is -0.497. The van der Waals surface area contributed by atoms with Crippen LogP contribution in [-0.4, -0.2) is 23.5 Å². The Morgan fingerprint density at radius 2 is 2.10 bits per heavy atom. The average molecular weight is 332 g/mol. The fourth-order valence-electron chi connectivity index (χ4n) is 1.57. The van der Waals surface area contributed by atoms with Crippen LogP contribution < -0.4 is 5.73 Å². The van der Waals surface area contributed by atoms with Crippen molar-refractivity contribution in [2.24, 2.45) is 10.8 Å². The van der Waals surface area contributed by atoms with Crippen LogP contribution in [0, 0.1) is 0 Å². The van der Waals surface area contributed by atoms with Gasteiger partial charge in [-0.1, -0.05) is 34.7 Å². The number of carbonyl (C=O) groups excluding carboxylic acids is 1. The molecule has 1 aromatic heterocycles. The SMILES string of the molecule is [N-]=[N+]=NCCCC[C@H](N)C(=O)OCc1cc(Cl)nc(Cl)c1. The zero-order valence-electron chi connectivity index (χ0n) is 11.2. The molecular formula is C12H15Cl2N5O2. The fraction of sp³-hybridized carbons (Fsp3) is 0.500. The molecule has 114 valence electrons. The number of carbonyl (C=O) groups is 1. The molecular weight excluding hydrogens is 317 g/mol. The van der Waals surface area contributed by atoms with E-state index in [1.54, 1.807) is 12.1 Å². The van der Waals surface area contributed by atoms with E-state index in [1.165, 1.54) is 0 Å². The number of nitrogens with two attached hydrogens (primary N) is 1. The van der Waals surface area contributed by atoms with Crippen LogP contribution in [0.4, 0.5) is 0 Å². The first-order valence-corrected chi connectivity index (χ1v) is 7.03. The van der Waals surface area contributed by atoms with Crippen molar-refractivity contribution < 1.29 is 9.53 Å². The maximum absolute atomic E-state index is 11.7. The minimum atomic E-state index is -0.705. The minimum Gasteiger partial charge on any atom is -0.460 e. The van der Waals surface area contributed by atoms with Crippen LogP contribution in [-0.2, 0) is 16.1 Å². The maximum Gasteiger partial charge on any atom is 0.323 e. The molecule has 0 aliphatic carbocycles. The Morgan fingerprint density at radius 1 is 1.43 bits per heavy atom. The number of halogens is 2. The number of hydrogen-bond acceptors (Lipinski definition) is 5. The van der Waals surface area contributed by atoms with Crippen LogP contribution in [0.3, 0.4) is 0 Å². The third-order valence-corrected chi connectivity index (χ3v) is 2.98. The molecule has 7 nitrogen and oxygen atoms in total. The third-order valence-electron chi connectivity index (χ3n) is 2.59. The third kappa shape index (κ3) is 7.15. The molecule has 0 unspecified atom stereocenters. The lowest BCUT2D eigenvalue weighted by molar-refractivity contribution is -0.146. The Balaban J connectivity index is 2.33. The first-order chi connectivity index (χ1) is 10.0. The van der Waals surface area contributed by atoms with Gasteiger partial charge in [-0.3, -0.25) is 4.79 Å². The van der Waals surface area contributed by atoms with Crippen LogP contribution in [0.15, 0.2) is 17.2 Å². The number of esters is 1. The first-order valence-electron chi connectivity index (χ1n) is 6.28. The molecule has 0 aromatic carbocycles. The normalized spacial score (nSPS) is 11.6. The van der Waals surface area contributed by atoms with E-state index in [0.29, 0.717) is 31.4 Å². The number of unbranched alkanes of at least 4 members (excludes halogenated alkanes) is 1. The number of azide groups is 1. The topological polar surface area (TPSA) is 114 Å². The summed E-state index contributed by atoms with van der Waals surface area (Å²) in [4.78, 5) is 18.1. The van der Waals surface area contributed by atoms with Crippen molar-refractivity contribution in [2.45, 2.75) is 31.9 Å². The maximum atomic E-state index is 11.7. The highest BCUT2D eigenvalue weighted by atomic mass is 35.5. The Kier molecular flexibility index (Phi) is 7.85. The zero-order valence-corrected chi connectivity index (χ0v) is 12.7. The van der Waals surface area contributed by atoms with Gasteiger partial charge in [-0.25, -0.2) is 4.98 Å². The van der Waals surface area contributed by atoms with Gasteiger partial charge in [0, 0.05) is 11.5 Å². The van der Waals surface area contributed by atoms with E-state index in [4.69, 9.17) is 39.2 Å². The van der Waals surface area contributed by atoms with Crippen molar-refractivity contribution in [3.8, 4) is 0 Å². The Labute approximate surface area is 132 Å². The minimum absolute atomic E-state index is 0.0349. The molecule has 0 spiro atoms. The molecule has 21 heavy (non-hydrogen) atoms. The van der Waals surface area contributed by atoms with E-state index in [9.17, 15) is 4.79 Å². The molecule has 0 saturated carbocycles. The van der Waals surface area contributed by atoms with Crippen LogP contribution in [0.1, 0.15) is 24.8 Å². The molecule has 0 aliphatic rings. The fourth-order valence-corrected chi connectivity index (χ4v) is 2.07. The summed E-state index contributed by atoms with van der Waals surface area (Å²) in [6.45, 7) is 0.430. The van der Waals surface area contributed by atoms with Gasteiger partial charge in [0.05, 0.1) is 0 Å². The second kappa shape index (κ2) is 9.41. The molecule has 1 atom stereocenters. The highest BCUT2D eigenvalue weighted by Gasteiger charge is 2.14. The summed E-state index contributed by atoms with van der Waals surface area (Å²) in [6, 6.07) is 2.42. The predicted molar refractivity (Wildman–Crippen MR) is 79.9 cm³/mol. The largest absolute Gasteiger partial charge is 0.460 e. The van der Waals surface area contributed by atoms with Crippen molar-refractivity contribution in [2.75, 3.05) is 6.54 Å². The van der Waals surface area contributed by atoms with E-state index in [2.05, 4.69) is 15.0 Å². The van der Waals surface area contributed by atoms with E-state index in [0.717, 1.165) is 0 Å². The van der Waals surface area contributed by atoms with Crippen LogP contribution >= 0.6 is 23.2 Å². The van der Waals surface area contributed by atoms with Gasteiger partial charge in [0.25, 0.3) is 0 Å². The Hall–Kier alpha value is -1.53. The van der Waals surface area contributed by atoms with Gasteiger partial charge in [-0.05, 0) is 36.1 Å². The molecule has 2 N–H and O–H groups in total. The number of nitrogens with zero attached hydrogens (tertiary/aromatic N) is 4. The summed E-state index contributed by atoms with van der Waals surface area (Å²) < 4.78 is 5.09. The quantitative estimate of drug-likeness (QED) is 0.196. The number of ether oxygens (including phenoxy) is 1. The summed E-state index contributed by atoms with van der Waals surface area (Å²) in [7, 11) is 0. The van der Waals surface area contributed by atoms with Gasteiger partial charge in [0.15, 0.2) is 0 Å². The molecule has 0 fully saturated rings. The van der Waals surface area contributed by atoms with E-state index in [-0.39, 0.29) is 16.9 Å². The van der Waals surface area contributed by atoms with Crippen molar-refractivity contribution in [3.63, 3.8) is 0 Å². The molecule has 0 amide bonds. The molecule has 9 heteroatoms. The van der Waals surface area contributed by atoms with Gasteiger partial charge in [-0.2, -0.15) is 0 Å². The lowest BCUT2D eigenvalue weighted by Crippen LogP contribution is -2.32. The molecule has 1 aromatic rings. The Morgan fingerprint density at radius 3 is 2.71 bits per heavy atom. The monoisotopic (exact) mass is 331 g/mol. The van der Waals surface area contributed by atoms with Gasteiger partial charge in [0.2, 0.25) is 0 Å². The van der Waals surface area contributed by atoms with Crippen molar-refractivity contribution in [3.05, 3.63) is 38.4 Å². The average Bonchev–Trinajstić information content (AvgIpc) is 2.43. The highest BCUT2D eigenvalue weighted by Crippen LogP contribution is 2.15. The molecule has 0 radical (unpaired) electrons. The van der Waals surface area contributed by atoms with E-state index in [1.807, 2.05) is 0 Å². The highest BCUT2D eigenvalue weighted by molar-refractivity contribution is 6.32. The standard InChI is InChI=1S/C12H15Cl2N5O2/c13-10-5-8(6-11(14)18-10)7-21-12(20)9(15)3-1-2-4-17-19-16/h5-6,9H,1-4,7,15H2/t9-/m0/s1. The van der Waals surface area contributed by atoms with Crippen LogP contribution in [0.2, 0.25) is 10.3 Å². The lowest BCUT2D eigenvalue weighted by atomic mass is 10.1. The summed E-state index contributed by atoms with van der Waals surface area (Å²) in [6.07, 6.45) is 1.83. The first kappa shape index (κ1) is 17.5. The van der Waals surface area contributed by atoms with Gasteiger partial charge in [0.1, 0.15) is 23.0 Å². The van der Waals surface area contributed by atoms with Crippen LogP contribution in [0.5, 0.6) is 0 Å².